The molecule has 0 unspecified atom stereocenters. The minimum absolute atomic E-state index is 0.384. The van der Waals surface area contributed by atoms with Crippen molar-refractivity contribution < 1.29 is 8.42 Å². The van der Waals surface area contributed by atoms with E-state index in [1.54, 1.807) is 6.07 Å². The molecule has 0 saturated carbocycles. The van der Waals surface area contributed by atoms with Crippen LogP contribution in [0.1, 0.15) is 5.56 Å². The highest BCUT2D eigenvalue weighted by atomic mass is 32.2. The van der Waals surface area contributed by atoms with Crippen molar-refractivity contribution in [2.45, 2.75) is 11.8 Å². The lowest BCUT2D eigenvalue weighted by Gasteiger charge is -2.09. The third-order valence-electron chi connectivity index (χ3n) is 2.62. The Morgan fingerprint density at radius 1 is 0.941 bits per heavy atom. The predicted molar refractivity (Wildman–Crippen MR) is 69.7 cm³/mol. The molecule has 0 atom stereocenters. The van der Waals surface area contributed by atoms with E-state index >= 15 is 0 Å². The van der Waals surface area contributed by atoms with Gasteiger partial charge in [0.15, 0.2) is 9.84 Å². The molecule has 2 rings (SSSR count). The van der Waals surface area contributed by atoms with Crippen molar-refractivity contribution in [2.24, 2.45) is 0 Å². The Labute approximate surface area is 102 Å². The summed E-state index contributed by atoms with van der Waals surface area (Å²) in [6.07, 6.45) is 1.24. The lowest BCUT2D eigenvalue weighted by molar-refractivity contribution is 0.602. The zero-order valence-electron chi connectivity index (χ0n) is 9.84. The van der Waals surface area contributed by atoms with E-state index in [2.05, 4.69) is 0 Å². The van der Waals surface area contributed by atoms with Crippen LogP contribution >= 0.6 is 0 Å². The largest absolute Gasteiger partial charge is 0.224 e. The molecule has 0 fully saturated rings. The van der Waals surface area contributed by atoms with Crippen LogP contribution in [-0.2, 0) is 9.84 Å². The van der Waals surface area contributed by atoms with E-state index in [9.17, 15) is 8.42 Å². The first kappa shape index (κ1) is 11.9. The van der Waals surface area contributed by atoms with Crippen molar-refractivity contribution >= 4 is 9.84 Å². The van der Waals surface area contributed by atoms with Gasteiger partial charge >= 0.3 is 0 Å². The van der Waals surface area contributed by atoms with Crippen molar-refractivity contribution in [3.05, 3.63) is 54.1 Å². The van der Waals surface area contributed by atoms with Crippen LogP contribution in [0.25, 0.3) is 11.1 Å². The van der Waals surface area contributed by atoms with E-state index in [0.29, 0.717) is 4.90 Å². The molecule has 0 amide bonds. The highest BCUT2D eigenvalue weighted by Crippen LogP contribution is 2.28. The van der Waals surface area contributed by atoms with E-state index in [0.717, 1.165) is 16.7 Å². The summed E-state index contributed by atoms with van der Waals surface area (Å²) in [5.41, 5.74) is 2.75. The van der Waals surface area contributed by atoms with Crippen molar-refractivity contribution in [1.82, 2.24) is 0 Å². The smallest absolute Gasteiger partial charge is 0.176 e. The molecular weight excluding hydrogens is 232 g/mol. The average molecular weight is 246 g/mol. The Bertz CT molecular complexity index is 629. The van der Waals surface area contributed by atoms with Crippen LogP contribution in [0, 0.1) is 6.92 Å². The van der Waals surface area contributed by atoms with Gasteiger partial charge in [-0.05, 0) is 18.6 Å². The maximum absolute atomic E-state index is 11.7. The zero-order valence-corrected chi connectivity index (χ0v) is 10.7. The van der Waals surface area contributed by atoms with Gasteiger partial charge in [-0.2, -0.15) is 0 Å². The van der Waals surface area contributed by atoms with E-state index in [4.69, 9.17) is 0 Å². The molecule has 0 saturated heterocycles. The second kappa shape index (κ2) is 4.34. The summed E-state index contributed by atoms with van der Waals surface area (Å²) >= 11 is 0. The SMILES string of the molecule is Cc1ccc(S(C)(=O)=O)c(-c2ccccc2)c1. The van der Waals surface area contributed by atoms with Gasteiger partial charge in [-0.15, -0.1) is 0 Å². The molecule has 0 aliphatic heterocycles. The third kappa shape index (κ3) is 2.56. The maximum atomic E-state index is 11.7. The standard InChI is InChI=1S/C14H14O2S/c1-11-8-9-14(17(2,15)16)13(10-11)12-6-4-3-5-7-12/h3-10H,1-2H3. The second-order valence-electron chi connectivity index (χ2n) is 4.14. The summed E-state index contributed by atoms with van der Waals surface area (Å²) in [5.74, 6) is 0. The number of aryl methyl sites for hydroxylation is 1. The molecule has 0 aliphatic carbocycles. The van der Waals surface area contributed by atoms with Crippen LogP contribution in [0.15, 0.2) is 53.4 Å². The molecule has 0 heterocycles. The fourth-order valence-electron chi connectivity index (χ4n) is 1.81. The minimum Gasteiger partial charge on any atom is -0.224 e. The second-order valence-corrected chi connectivity index (χ2v) is 6.12. The Balaban J connectivity index is 2.72. The molecule has 0 radical (unpaired) electrons. The lowest BCUT2D eigenvalue weighted by Crippen LogP contribution is -2.00. The highest BCUT2D eigenvalue weighted by molar-refractivity contribution is 7.90. The van der Waals surface area contributed by atoms with E-state index in [-0.39, 0.29) is 0 Å². The quantitative estimate of drug-likeness (QED) is 0.816. The van der Waals surface area contributed by atoms with Gasteiger partial charge in [0.25, 0.3) is 0 Å². The number of hydrogen-bond donors (Lipinski definition) is 0. The van der Waals surface area contributed by atoms with Gasteiger partial charge in [0, 0.05) is 11.8 Å². The van der Waals surface area contributed by atoms with Crippen molar-refractivity contribution in [3.8, 4) is 11.1 Å². The molecule has 88 valence electrons. The number of hydrogen-bond acceptors (Lipinski definition) is 2. The summed E-state index contributed by atoms with van der Waals surface area (Å²) in [5, 5.41) is 0. The molecule has 0 bridgehead atoms. The van der Waals surface area contributed by atoms with E-state index in [1.807, 2.05) is 49.4 Å². The first-order valence-electron chi connectivity index (χ1n) is 5.34. The molecule has 0 spiro atoms. The van der Waals surface area contributed by atoms with Gasteiger partial charge in [-0.25, -0.2) is 8.42 Å². The van der Waals surface area contributed by atoms with Crippen molar-refractivity contribution in [2.75, 3.05) is 6.26 Å². The lowest BCUT2D eigenvalue weighted by atomic mass is 10.0. The molecule has 0 N–H and O–H groups in total. The summed E-state index contributed by atoms with van der Waals surface area (Å²) < 4.78 is 23.5. The molecule has 0 aromatic heterocycles. The van der Waals surface area contributed by atoms with Gasteiger partial charge in [-0.3, -0.25) is 0 Å². The summed E-state index contributed by atoms with van der Waals surface area (Å²) in [4.78, 5) is 0.384. The molecule has 3 heteroatoms. The molecule has 2 nitrogen and oxygen atoms in total. The Kier molecular flexibility index (Phi) is 3.03. The first-order chi connectivity index (χ1) is 7.98. The van der Waals surface area contributed by atoms with Crippen LogP contribution in [-0.4, -0.2) is 14.7 Å². The first-order valence-corrected chi connectivity index (χ1v) is 7.24. The highest BCUT2D eigenvalue weighted by Gasteiger charge is 2.14. The van der Waals surface area contributed by atoms with Crippen LogP contribution in [0.2, 0.25) is 0 Å². The number of benzene rings is 2. The van der Waals surface area contributed by atoms with Gasteiger partial charge in [-0.1, -0.05) is 48.0 Å². The zero-order chi connectivity index (χ0) is 12.5. The fourth-order valence-corrected chi connectivity index (χ4v) is 2.70. The summed E-state index contributed by atoms with van der Waals surface area (Å²) in [6, 6.07) is 15.0. The summed E-state index contributed by atoms with van der Waals surface area (Å²) in [7, 11) is -3.20. The van der Waals surface area contributed by atoms with Gasteiger partial charge in [0.1, 0.15) is 0 Å². The number of sulfone groups is 1. The average Bonchev–Trinajstić information content (AvgIpc) is 2.28. The maximum Gasteiger partial charge on any atom is 0.176 e. The Morgan fingerprint density at radius 3 is 2.18 bits per heavy atom. The normalized spacial score (nSPS) is 11.4. The number of rotatable bonds is 2. The predicted octanol–water partition coefficient (Wildman–Crippen LogP) is 3.07. The minimum atomic E-state index is -3.20. The Hall–Kier alpha value is -1.61. The Morgan fingerprint density at radius 2 is 1.59 bits per heavy atom. The van der Waals surface area contributed by atoms with Crippen molar-refractivity contribution in [3.63, 3.8) is 0 Å². The third-order valence-corrected chi connectivity index (χ3v) is 3.77. The van der Waals surface area contributed by atoms with Gasteiger partial charge in [0.05, 0.1) is 4.90 Å². The molecular formula is C14H14O2S. The molecule has 2 aromatic rings. The molecule has 0 aliphatic rings. The van der Waals surface area contributed by atoms with Crippen LogP contribution < -0.4 is 0 Å². The van der Waals surface area contributed by atoms with E-state index < -0.39 is 9.84 Å². The van der Waals surface area contributed by atoms with Crippen LogP contribution in [0.3, 0.4) is 0 Å². The molecule has 2 aromatic carbocycles. The van der Waals surface area contributed by atoms with Gasteiger partial charge < -0.3 is 0 Å². The topological polar surface area (TPSA) is 34.1 Å². The fraction of sp³-hybridized carbons (Fsp3) is 0.143. The summed E-state index contributed by atoms with van der Waals surface area (Å²) in [6.45, 7) is 1.96. The van der Waals surface area contributed by atoms with Crippen LogP contribution in [0.4, 0.5) is 0 Å². The van der Waals surface area contributed by atoms with E-state index in [1.165, 1.54) is 6.26 Å². The monoisotopic (exact) mass is 246 g/mol. The van der Waals surface area contributed by atoms with Gasteiger partial charge in [0.2, 0.25) is 0 Å². The van der Waals surface area contributed by atoms with Crippen molar-refractivity contribution in [1.29, 1.82) is 0 Å². The molecule has 17 heavy (non-hydrogen) atoms. The van der Waals surface area contributed by atoms with Crippen LogP contribution in [0.5, 0.6) is 0 Å².